The number of hydrogen-bond acceptors (Lipinski definition) is 4. The third-order valence-corrected chi connectivity index (χ3v) is 11.6. The summed E-state index contributed by atoms with van der Waals surface area (Å²) < 4.78 is 0. The average molecular weight is 539 g/mol. The van der Waals surface area contributed by atoms with Gasteiger partial charge in [-0.05, 0) is 71.5 Å². The summed E-state index contributed by atoms with van der Waals surface area (Å²) in [4.78, 5) is 11.0. The molecule has 4 heteroatoms. The topological polar surface area (TPSA) is 0 Å². The first kappa shape index (κ1) is 23.6. The molecule has 2 aromatic carbocycles. The van der Waals surface area contributed by atoms with Gasteiger partial charge in [0.05, 0.1) is 0 Å². The second-order valence-corrected chi connectivity index (χ2v) is 13.0. The fraction of sp³-hybridized carbons (Fsp3) is 0.125. The van der Waals surface area contributed by atoms with Crippen LogP contribution in [0.1, 0.15) is 25.0 Å². The fourth-order valence-corrected chi connectivity index (χ4v) is 9.38. The van der Waals surface area contributed by atoms with E-state index in [0.29, 0.717) is 0 Å². The van der Waals surface area contributed by atoms with Crippen molar-refractivity contribution in [1.82, 2.24) is 0 Å². The van der Waals surface area contributed by atoms with Crippen molar-refractivity contribution in [1.29, 1.82) is 0 Å². The van der Waals surface area contributed by atoms with Crippen molar-refractivity contribution >= 4 is 45.3 Å². The Kier molecular flexibility index (Phi) is 6.77. The lowest BCUT2D eigenvalue weighted by Crippen LogP contribution is -1.76. The molecular formula is C32H26S4. The van der Waals surface area contributed by atoms with Crippen LogP contribution in [0.5, 0.6) is 0 Å². The number of hydrogen-bond donors (Lipinski definition) is 0. The third kappa shape index (κ3) is 4.55. The van der Waals surface area contributed by atoms with Gasteiger partial charge in [-0.15, -0.1) is 45.3 Å². The van der Waals surface area contributed by atoms with E-state index in [1.54, 1.807) is 0 Å². The summed E-state index contributed by atoms with van der Waals surface area (Å²) in [6.07, 6.45) is 2.11. The smallest absolute Gasteiger partial charge is 0.0481 e. The zero-order valence-electron chi connectivity index (χ0n) is 20.3. The number of aryl methyl sites for hydroxylation is 2. The Morgan fingerprint density at radius 3 is 1.19 bits per heavy atom. The van der Waals surface area contributed by atoms with Gasteiger partial charge in [0.1, 0.15) is 0 Å². The van der Waals surface area contributed by atoms with Gasteiger partial charge in [0, 0.05) is 39.0 Å². The summed E-state index contributed by atoms with van der Waals surface area (Å²) in [6.45, 7) is 4.52. The quantitative estimate of drug-likeness (QED) is 0.190. The molecule has 0 spiro atoms. The van der Waals surface area contributed by atoms with E-state index < -0.39 is 0 Å². The molecule has 4 heterocycles. The van der Waals surface area contributed by atoms with Gasteiger partial charge in [-0.25, -0.2) is 0 Å². The lowest BCUT2D eigenvalue weighted by atomic mass is 10.1. The van der Waals surface area contributed by atoms with Crippen LogP contribution in [0.25, 0.3) is 50.1 Å². The molecule has 178 valence electrons. The van der Waals surface area contributed by atoms with Gasteiger partial charge in [-0.3, -0.25) is 0 Å². The summed E-state index contributed by atoms with van der Waals surface area (Å²) >= 11 is 7.69. The van der Waals surface area contributed by atoms with Crippen molar-refractivity contribution in [2.45, 2.75) is 26.7 Å². The molecule has 0 nitrogen and oxygen atoms in total. The standard InChI is InChI=1S/C32H26S4/c1-3-21-19-29(23-11-7-5-8-12-23)35-31(21)27-17-15-25(33-27)26-16-18-28(34-26)32-22(4-2)20-30(36-32)24-13-9-6-10-14-24/h5-20H,3-4H2,1-2H3. The van der Waals surface area contributed by atoms with Crippen molar-refractivity contribution in [3.05, 3.63) is 108 Å². The molecule has 0 radical (unpaired) electrons. The maximum Gasteiger partial charge on any atom is 0.0481 e. The predicted molar refractivity (Wildman–Crippen MR) is 164 cm³/mol. The van der Waals surface area contributed by atoms with Crippen LogP contribution in [0, 0.1) is 0 Å². The molecule has 0 aliphatic rings. The Labute approximate surface area is 229 Å². The van der Waals surface area contributed by atoms with Crippen LogP contribution in [0.2, 0.25) is 0 Å². The van der Waals surface area contributed by atoms with Gasteiger partial charge in [0.25, 0.3) is 0 Å². The molecule has 0 aliphatic heterocycles. The van der Waals surface area contributed by atoms with Crippen molar-refractivity contribution < 1.29 is 0 Å². The van der Waals surface area contributed by atoms with E-state index in [4.69, 9.17) is 0 Å². The Balaban J connectivity index is 1.31. The molecule has 6 rings (SSSR count). The molecule has 0 atom stereocenters. The average Bonchev–Trinajstić information content (AvgIpc) is 3.73. The second-order valence-electron chi connectivity index (χ2n) is 8.70. The molecule has 0 unspecified atom stereocenters. The zero-order chi connectivity index (χ0) is 24.5. The number of thiophene rings is 4. The number of benzene rings is 2. The molecule has 6 aromatic rings. The molecule has 0 fully saturated rings. The highest BCUT2D eigenvalue weighted by Crippen LogP contribution is 2.47. The Morgan fingerprint density at radius 1 is 0.417 bits per heavy atom. The maximum atomic E-state index is 2.38. The molecule has 0 saturated carbocycles. The maximum absolute atomic E-state index is 2.38. The molecule has 0 amide bonds. The normalized spacial score (nSPS) is 11.3. The summed E-state index contributed by atoms with van der Waals surface area (Å²) in [6, 6.07) is 35.5. The Bertz CT molecular complexity index is 1470. The van der Waals surface area contributed by atoms with Gasteiger partial charge < -0.3 is 0 Å². The van der Waals surface area contributed by atoms with Gasteiger partial charge in [-0.1, -0.05) is 74.5 Å². The first-order valence-electron chi connectivity index (χ1n) is 12.3. The van der Waals surface area contributed by atoms with Crippen LogP contribution < -0.4 is 0 Å². The molecule has 0 saturated heterocycles. The first-order chi connectivity index (χ1) is 17.7. The van der Waals surface area contributed by atoms with E-state index in [-0.39, 0.29) is 0 Å². The minimum absolute atomic E-state index is 1.05. The predicted octanol–water partition coefficient (Wildman–Crippen LogP) is 11.4. The van der Waals surface area contributed by atoms with E-state index in [1.807, 2.05) is 45.3 Å². The second kappa shape index (κ2) is 10.3. The van der Waals surface area contributed by atoms with E-state index in [0.717, 1.165) is 12.8 Å². The molecule has 0 aliphatic carbocycles. The zero-order valence-corrected chi connectivity index (χ0v) is 23.6. The minimum Gasteiger partial charge on any atom is -0.134 e. The first-order valence-corrected chi connectivity index (χ1v) is 15.6. The summed E-state index contributed by atoms with van der Waals surface area (Å²) in [5, 5.41) is 0. The lowest BCUT2D eigenvalue weighted by molar-refractivity contribution is 1.16. The monoisotopic (exact) mass is 538 g/mol. The summed E-state index contributed by atoms with van der Waals surface area (Å²) in [5.41, 5.74) is 5.50. The highest BCUT2D eigenvalue weighted by Gasteiger charge is 2.17. The lowest BCUT2D eigenvalue weighted by Gasteiger charge is -1.98. The van der Waals surface area contributed by atoms with E-state index in [9.17, 15) is 0 Å². The van der Waals surface area contributed by atoms with E-state index >= 15 is 0 Å². The number of rotatable bonds is 7. The minimum atomic E-state index is 1.05. The van der Waals surface area contributed by atoms with Crippen LogP contribution >= 0.6 is 45.3 Å². The Hall–Kier alpha value is -2.76. The van der Waals surface area contributed by atoms with Crippen LogP contribution in [0.15, 0.2) is 97.1 Å². The van der Waals surface area contributed by atoms with Crippen molar-refractivity contribution in [3.63, 3.8) is 0 Å². The van der Waals surface area contributed by atoms with Crippen molar-refractivity contribution in [3.8, 4) is 50.1 Å². The highest BCUT2D eigenvalue weighted by molar-refractivity contribution is 7.29. The van der Waals surface area contributed by atoms with E-state index in [2.05, 4.69) is 111 Å². The van der Waals surface area contributed by atoms with Gasteiger partial charge in [-0.2, -0.15) is 0 Å². The molecule has 36 heavy (non-hydrogen) atoms. The SMILES string of the molecule is CCc1cc(-c2ccccc2)sc1-c1ccc(-c2ccc(-c3sc(-c4ccccc4)cc3CC)s2)s1. The van der Waals surface area contributed by atoms with Crippen molar-refractivity contribution in [2.24, 2.45) is 0 Å². The molecule has 4 aromatic heterocycles. The molecule has 0 bridgehead atoms. The third-order valence-electron chi connectivity index (χ3n) is 6.40. The van der Waals surface area contributed by atoms with Gasteiger partial charge >= 0.3 is 0 Å². The van der Waals surface area contributed by atoms with Crippen LogP contribution in [0.4, 0.5) is 0 Å². The molecular weight excluding hydrogens is 513 g/mol. The highest BCUT2D eigenvalue weighted by atomic mass is 32.1. The molecule has 0 N–H and O–H groups in total. The fourth-order valence-electron chi connectivity index (χ4n) is 4.47. The summed E-state index contributed by atoms with van der Waals surface area (Å²) in [5.74, 6) is 0. The van der Waals surface area contributed by atoms with Crippen molar-refractivity contribution in [2.75, 3.05) is 0 Å². The van der Waals surface area contributed by atoms with Gasteiger partial charge in [0.15, 0.2) is 0 Å². The van der Waals surface area contributed by atoms with Crippen LogP contribution in [0.3, 0.4) is 0 Å². The van der Waals surface area contributed by atoms with Crippen LogP contribution in [-0.2, 0) is 12.8 Å². The van der Waals surface area contributed by atoms with Crippen LogP contribution in [-0.4, -0.2) is 0 Å². The largest absolute Gasteiger partial charge is 0.134 e. The van der Waals surface area contributed by atoms with E-state index in [1.165, 1.54) is 61.3 Å². The Morgan fingerprint density at radius 2 is 0.806 bits per heavy atom. The summed E-state index contributed by atoms with van der Waals surface area (Å²) in [7, 11) is 0. The van der Waals surface area contributed by atoms with Gasteiger partial charge in [0.2, 0.25) is 0 Å².